The first-order valence-corrected chi connectivity index (χ1v) is 7.58. The van der Waals surface area contributed by atoms with E-state index in [0.29, 0.717) is 17.6 Å². The highest BCUT2D eigenvalue weighted by Gasteiger charge is 2.46. The molecule has 0 aromatic carbocycles. The maximum absolute atomic E-state index is 12.2. The molecule has 6 heteroatoms. The zero-order chi connectivity index (χ0) is 15.2. The molecule has 1 amide bonds. The van der Waals surface area contributed by atoms with Crippen molar-refractivity contribution in [2.75, 3.05) is 18.0 Å². The van der Waals surface area contributed by atoms with Gasteiger partial charge < -0.3 is 14.5 Å². The number of halogens is 1. The fraction of sp³-hybridized carbons (Fsp3) is 0.600. The molecule has 0 unspecified atom stereocenters. The summed E-state index contributed by atoms with van der Waals surface area (Å²) in [7, 11) is 0. The first kappa shape index (κ1) is 14.4. The highest BCUT2D eigenvalue weighted by molar-refractivity contribution is 6.30. The maximum atomic E-state index is 12.2. The van der Waals surface area contributed by atoms with Crippen LogP contribution in [0.5, 0.6) is 0 Å². The monoisotopic (exact) mass is 309 g/mol. The number of fused-ring (bicyclic) bond motifs is 2. The van der Waals surface area contributed by atoms with Crippen LogP contribution in [0.4, 0.5) is 10.5 Å². The van der Waals surface area contributed by atoms with Crippen molar-refractivity contribution < 1.29 is 9.53 Å². The van der Waals surface area contributed by atoms with E-state index < -0.39 is 5.60 Å². The number of nitrogens with zero attached hydrogens (tertiary/aromatic N) is 3. The number of rotatable bonds is 1. The third-order valence-electron chi connectivity index (χ3n) is 3.89. The van der Waals surface area contributed by atoms with E-state index >= 15 is 0 Å². The second-order valence-corrected chi connectivity index (χ2v) is 7.13. The normalized spacial score (nSPS) is 24.6. The second kappa shape index (κ2) is 5.05. The smallest absolute Gasteiger partial charge is 0.410 e. The average molecular weight is 310 g/mol. The second-order valence-electron chi connectivity index (χ2n) is 6.69. The summed E-state index contributed by atoms with van der Waals surface area (Å²) in [5.74, 6) is 0. The summed E-state index contributed by atoms with van der Waals surface area (Å²) in [6.45, 7) is 7.19. The van der Waals surface area contributed by atoms with Gasteiger partial charge in [-0.25, -0.2) is 4.79 Å². The number of likely N-dealkylation sites (tertiary alicyclic amines) is 1. The van der Waals surface area contributed by atoms with Gasteiger partial charge in [-0.3, -0.25) is 4.98 Å². The summed E-state index contributed by atoms with van der Waals surface area (Å²) >= 11 is 6.00. The van der Waals surface area contributed by atoms with Gasteiger partial charge in [0, 0.05) is 25.3 Å². The Morgan fingerprint density at radius 3 is 2.67 bits per heavy atom. The number of pyridine rings is 1. The van der Waals surface area contributed by atoms with Crippen LogP contribution in [0.2, 0.25) is 5.02 Å². The number of hydrogen-bond acceptors (Lipinski definition) is 4. The number of amides is 1. The molecule has 0 saturated carbocycles. The molecule has 2 saturated heterocycles. The predicted molar refractivity (Wildman–Crippen MR) is 81.7 cm³/mol. The Kier molecular flexibility index (Phi) is 3.48. The summed E-state index contributed by atoms with van der Waals surface area (Å²) in [6, 6.07) is 2.46. The van der Waals surface area contributed by atoms with E-state index in [9.17, 15) is 4.79 Å². The Bertz CT molecular complexity index is 558. The van der Waals surface area contributed by atoms with E-state index in [1.54, 1.807) is 6.20 Å². The molecule has 1 aromatic rings. The molecular formula is C15H20ClN3O2. The van der Waals surface area contributed by atoms with Gasteiger partial charge in [-0.1, -0.05) is 11.6 Å². The molecule has 3 heterocycles. The molecule has 3 rings (SSSR count). The molecule has 2 atom stereocenters. The summed E-state index contributed by atoms with van der Waals surface area (Å²) < 4.78 is 5.47. The molecule has 0 spiro atoms. The lowest BCUT2D eigenvalue weighted by Crippen LogP contribution is -2.50. The number of carbonyl (C=O) groups is 1. The van der Waals surface area contributed by atoms with Crippen LogP contribution in [-0.4, -0.2) is 46.8 Å². The molecule has 0 N–H and O–H groups in total. The Morgan fingerprint density at radius 1 is 1.33 bits per heavy atom. The highest BCUT2D eigenvalue weighted by Crippen LogP contribution is 2.35. The molecular weight excluding hydrogens is 290 g/mol. The van der Waals surface area contributed by atoms with Crippen molar-refractivity contribution in [3.05, 3.63) is 23.5 Å². The SMILES string of the molecule is CC(C)(C)OC(=O)N1C[C@@H]2C[C@H]1CN2c1cncc(Cl)c1. The molecule has 0 aliphatic carbocycles. The average Bonchev–Trinajstić information content (AvgIpc) is 2.96. The zero-order valence-corrected chi connectivity index (χ0v) is 13.3. The van der Waals surface area contributed by atoms with Gasteiger partial charge in [-0.15, -0.1) is 0 Å². The van der Waals surface area contributed by atoms with Crippen molar-refractivity contribution >= 4 is 23.4 Å². The van der Waals surface area contributed by atoms with Gasteiger partial charge in [-0.2, -0.15) is 0 Å². The Labute approximate surface area is 129 Å². The van der Waals surface area contributed by atoms with E-state index in [0.717, 1.165) is 18.7 Å². The molecule has 2 fully saturated rings. The van der Waals surface area contributed by atoms with Gasteiger partial charge in [0.15, 0.2) is 0 Å². The van der Waals surface area contributed by atoms with Gasteiger partial charge in [0.1, 0.15) is 5.60 Å². The lowest BCUT2D eigenvalue weighted by Gasteiger charge is -2.36. The third kappa shape index (κ3) is 2.93. The number of ether oxygens (including phenoxy) is 1. The highest BCUT2D eigenvalue weighted by atomic mass is 35.5. The van der Waals surface area contributed by atoms with E-state index in [4.69, 9.17) is 16.3 Å². The van der Waals surface area contributed by atoms with Crippen LogP contribution in [0.3, 0.4) is 0 Å². The van der Waals surface area contributed by atoms with Crippen molar-refractivity contribution in [3.63, 3.8) is 0 Å². The fourth-order valence-electron chi connectivity index (χ4n) is 3.09. The number of anilines is 1. The lowest BCUT2D eigenvalue weighted by atomic mass is 10.2. The standard InChI is InChI=1S/C15H20ClN3O2/c1-15(2,3)21-14(20)19-9-12-5-13(19)8-18(12)11-4-10(16)6-17-7-11/h4,6-7,12-13H,5,8-9H2,1-3H3/t12-,13-/m0/s1. The summed E-state index contributed by atoms with van der Waals surface area (Å²) in [5.41, 5.74) is 0.578. The van der Waals surface area contributed by atoms with Crippen LogP contribution < -0.4 is 4.90 Å². The van der Waals surface area contributed by atoms with Crippen molar-refractivity contribution in [3.8, 4) is 0 Å². The van der Waals surface area contributed by atoms with Crippen LogP contribution in [0.25, 0.3) is 0 Å². The third-order valence-corrected chi connectivity index (χ3v) is 4.10. The molecule has 2 aliphatic rings. The van der Waals surface area contributed by atoms with Crippen LogP contribution in [0.15, 0.2) is 18.5 Å². The first-order valence-electron chi connectivity index (χ1n) is 7.20. The largest absolute Gasteiger partial charge is 0.444 e. The van der Waals surface area contributed by atoms with Gasteiger partial charge in [0.25, 0.3) is 0 Å². The van der Waals surface area contributed by atoms with Crippen LogP contribution >= 0.6 is 11.6 Å². The Morgan fingerprint density at radius 2 is 2.10 bits per heavy atom. The topological polar surface area (TPSA) is 45.7 Å². The summed E-state index contributed by atoms with van der Waals surface area (Å²) in [5, 5.41) is 0.638. The van der Waals surface area contributed by atoms with Crippen molar-refractivity contribution in [1.29, 1.82) is 0 Å². The van der Waals surface area contributed by atoms with Gasteiger partial charge in [-0.05, 0) is 33.3 Å². The number of piperazine rings is 1. The van der Waals surface area contributed by atoms with Gasteiger partial charge in [0.05, 0.1) is 22.9 Å². The van der Waals surface area contributed by atoms with Crippen molar-refractivity contribution in [2.24, 2.45) is 0 Å². The predicted octanol–water partition coefficient (Wildman–Crippen LogP) is 2.93. The van der Waals surface area contributed by atoms with E-state index in [2.05, 4.69) is 9.88 Å². The Balaban J connectivity index is 1.68. The van der Waals surface area contributed by atoms with Crippen molar-refractivity contribution in [2.45, 2.75) is 44.9 Å². The summed E-state index contributed by atoms with van der Waals surface area (Å²) in [6.07, 6.45) is 4.22. The minimum Gasteiger partial charge on any atom is -0.444 e. The van der Waals surface area contributed by atoms with E-state index in [1.807, 2.05) is 37.9 Å². The van der Waals surface area contributed by atoms with Crippen LogP contribution in [0, 0.1) is 0 Å². The number of hydrogen-bond donors (Lipinski definition) is 0. The van der Waals surface area contributed by atoms with E-state index in [-0.39, 0.29) is 12.1 Å². The van der Waals surface area contributed by atoms with Gasteiger partial charge in [0.2, 0.25) is 0 Å². The molecule has 5 nitrogen and oxygen atoms in total. The molecule has 1 aromatic heterocycles. The molecule has 2 aliphatic heterocycles. The zero-order valence-electron chi connectivity index (χ0n) is 12.5. The molecule has 2 bridgehead atoms. The lowest BCUT2D eigenvalue weighted by molar-refractivity contribution is 0.0215. The quantitative estimate of drug-likeness (QED) is 0.800. The van der Waals surface area contributed by atoms with E-state index in [1.165, 1.54) is 0 Å². The number of carbonyl (C=O) groups excluding carboxylic acids is 1. The van der Waals surface area contributed by atoms with Crippen LogP contribution in [0.1, 0.15) is 27.2 Å². The fourth-order valence-corrected chi connectivity index (χ4v) is 3.25. The van der Waals surface area contributed by atoms with Crippen LogP contribution in [-0.2, 0) is 4.74 Å². The Hall–Kier alpha value is -1.49. The molecule has 0 radical (unpaired) electrons. The molecule has 21 heavy (non-hydrogen) atoms. The van der Waals surface area contributed by atoms with Crippen molar-refractivity contribution in [1.82, 2.24) is 9.88 Å². The number of aromatic nitrogens is 1. The molecule has 114 valence electrons. The first-order chi connectivity index (χ1) is 9.83. The van der Waals surface area contributed by atoms with Gasteiger partial charge >= 0.3 is 6.09 Å². The summed E-state index contributed by atoms with van der Waals surface area (Å²) in [4.78, 5) is 20.5. The maximum Gasteiger partial charge on any atom is 0.410 e. The minimum absolute atomic E-state index is 0.209. The minimum atomic E-state index is -0.449.